The van der Waals surface area contributed by atoms with Crippen LogP contribution in [-0.2, 0) is 19.4 Å². The fraction of sp³-hybridized carbons (Fsp3) is 0.235. The Bertz CT molecular complexity index is 820. The number of hydrogen-bond acceptors (Lipinski definition) is 6. The van der Waals surface area contributed by atoms with E-state index < -0.39 is 21.4 Å². The van der Waals surface area contributed by atoms with Crippen molar-refractivity contribution in [2.75, 3.05) is 7.11 Å². The third kappa shape index (κ3) is 3.68. The summed E-state index contributed by atoms with van der Waals surface area (Å²) in [4.78, 5) is 11.8. The fourth-order valence-electron chi connectivity index (χ4n) is 2.03. The number of benzene rings is 2. The molecule has 0 atom stereocenters. The molecule has 0 unspecified atom stereocenters. The second kappa shape index (κ2) is 6.52. The zero-order chi connectivity index (χ0) is 18.0. The van der Waals surface area contributed by atoms with E-state index in [-0.39, 0.29) is 15.5 Å². The second-order valence-electron chi connectivity index (χ2n) is 5.57. The van der Waals surface area contributed by atoms with E-state index in [4.69, 9.17) is 4.74 Å². The van der Waals surface area contributed by atoms with Crippen LogP contribution in [0.1, 0.15) is 13.8 Å². The molecule has 6 nitrogen and oxygen atoms in total. The van der Waals surface area contributed by atoms with Gasteiger partial charge < -0.3 is 14.6 Å². The lowest BCUT2D eigenvalue weighted by Gasteiger charge is -2.23. The van der Waals surface area contributed by atoms with Crippen LogP contribution in [0, 0.1) is 0 Å². The van der Waals surface area contributed by atoms with Crippen LogP contribution in [0.3, 0.4) is 0 Å². The first-order chi connectivity index (χ1) is 11.2. The van der Waals surface area contributed by atoms with Gasteiger partial charge in [0.25, 0.3) is 0 Å². The summed E-state index contributed by atoms with van der Waals surface area (Å²) < 4.78 is 35.2. The number of sulfone groups is 1. The number of esters is 1. The second-order valence-corrected chi connectivity index (χ2v) is 7.52. The molecule has 2 aromatic carbocycles. The Morgan fingerprint density at radius 1 is 0.958 bits per heavy atom. The molecule has 7 heteroatoms. The minimum absolute atomic E-state index is 0.0114. The maximum Gasteiger partial charge on any atom is 0.349 e. The van der Waals surface area contributed by atoms with Crippen molar-refractivity contribution in [3.8, 4) is 11.5 Å². The molecule has 0 saturated carbocycles. The van der Waals surface area contributed by atoms with Crippen molar-refractivity contribution >= 4 is 15.8 Å². The molecule has 0 saturated heterocycles. The van der Waals surface area contributed by atoms with Crippen molar-refractivity contribution in [3.05, 3.63) is 48.5 Å². The molecular formula is C17H18O6S. The number of carbonyl (C=O) groups is 1. The highest BCUT2D eigenvalue weighted by molar-refractivity contribution is 7.91. The van der Waals surface area contributed by atoms with Gasteiger partial charge >= 0.3 is 5.97 Å². The van der Waals surface area contributed by atoms with Crippen LogP contribution in [0.2, 0.25) is 0 Å². The molecule has 2 aromatic rings. The largest absolute Gasteiger partial charge is 0.508 e. The van der Waals surface area contributed by atoms with Crippen LogP contribution < -0.4 is 4.74 Å². The number of methoxy groups -OCH3 is 1. The third-order valence-corrected chi connectivity index (χ3v) is 5.12. The number of rotatable bonds is 5. The van der Waals surface area contributed by atoms with Crippen LogP contribution in [0.15, 0.2) is 58.3 Å². The molecule has 0 aliphatic rings. The highest BCUT2D eigenvalue weighted by Gasteiger charge is 2.31. The maximum atomic E-state index is 12.5. The van der Waals surface area contributed by atoms with Gasteiger partial charge in [0, 0.05) is 0 Å². The van der Waals surface area contributed by atoms with Crippen LogP contribution in [0.25, 0.3) is 0 Å². The van der Waals surface area contributed by atoms with Crippen LogP contribution >= 0.6 is 0 Å². The Kier molecular flexibility index (Phi) is 4.84. The van der Waals surface area contributed by atoms with Gasteiger partial charge in [-0.25, -0.2) is 13.2 Å². The molecule has 0 amide bonds. The molecule has 0 bridgehead atoms. The van der Waals surface area contributed by atoms with Gasteiger partial charge in [-0.05, 0) is 62.4 Å². The summed E-state index contributed by atoms with van der Waals surface area (Å²) in [5, 5.41) is 9.25. The zero-order valence-electron chi connectivity index (χ0n) is 13.5. The van der Waals surface area contributed by atoms with Gasteiger partial charge in [-0.2, -0.15) is 0 Å². The smallest absolute Gasteiger partial charge is 0.349 e. The van der Waals surface area contributed by atoms with Gasteiger partial charge in [0.15, 0.2) is 5.60 Å². The summed E-state index contributed by atoms with van der Waals surface area (Å²) in [6.07, 6.45) is 0. The molecule has 0 heterocycles. The average molecular weight is 350 g/mol. The van der Waals surface area contributed by atoms with Crippen molar-refractivity contribution < 1.29 is 27.8 Å². The van der Waals surface area contributed by atoms with Gasteiger partial charge in [-0.1, -0.05) is 0 Å². The Balaban J connectivity index is 2.26. The van der Waals surface area contributed by atoms with E-state index in [1.807, 2.05) is 0 Å². The highest BCUT2D eigenvalue weighted by atomic mass is 32.2. The first-order valence-electron chi connectivity index (χ1n) is 7.08. The molecule has 0 spiro atoms. The predicted molar refractivity (Wildman–Crippen MR) is 86.7 cm³/mol. The molecule has 0 radical (unpaired) electrons. The normalized spacial score (nSPS) is 11.8. The van der Waals surface area contributed by atoms with Gasteiger partial charge in [0.2, 0.25) is 9.84 Å². The van der Waals surface area contributed by atoms with E-state index in [0.29, 0.717) is 5.75 Å². The van der Waals surface area contributed by atoms with Crippen molar-refractivity contribution in [2.24, 2.45) is 0 Å². The van der Waals surface area contributed by atoms with Gasteiger partial charge in [-0.3, -0.25) is 0 Å². The summed E-state index contributed by atoms with van der Waals surface area (Å²) in [7, 11) is -2.43. The summed E-state index contributed by atoms with van der Waals surface area (Å²) in [6, 6.07) is 11.0. The lowest BCUT2D eigenvalue weighted by atomic mass is 10.1. The minimum atomic E-state index is -3.70. The summed E-state index contributed by atoms with van der Waals surface area (Å²) in [6.45, 7) is 3.11. The Morgan fingerprint density at radius 2 is 1.42 bits per heavy atom. The molecule has 2 rings (SSSR count). The first-order valence-corrected chi connectivity index (χ1v) is 8.57. The molecule has 0 fully saturated rings. The summed E-state index contributed by atoms with van der Waals surface area (Å²) >= 11 is 0. The van der Waals surface area contributed by atoms with Crippen molar-refractivity contribution in [1.29, 1.82) is 0 Å². The number of aromatic hydroxyl groups is 1. The predicted octanol–water partition coefficient (Wildman–Crippen LogP) is 2.56. The van der Waals surface area contributed by atoms with Gasteiger partial charge in [0.05, 0.1) is 16.9 Å². The quantitative estimate of drug-likeness (QED) is 0.834. The first kappa shape index (κ1) is 17.8. The van der Waals surface area contributed by atoms with Gasteiger partial charge in [-0.15, -0.1) is 0 Å². The number of hydrogen-bond donors (Lipinski definition) is 1. The van der Waals surface area contributed by atoms with Crippen LogP contribution in [0.5, 0.6) is 11.5 Å². The monoisotopic (exact) mass is 350 g/mol. The lowest BCUT2D eigenvalue weighted by Crippen LogP contribution is -2.39. The maximum absolute atomic E-state index is 12.5. The topological polar surface area (TPSA) is 89.9 Å². The Labute approximate surface area is 140 Å². The molecule has 128 valence electrons. The lowest BCUT2D eigenvalue weighted by molar-refractivity contribution is -0.156. The number of phenolic OH excluding ortho intramolecular Hbond substituents is 1. The Morgan fingerprint density at radius 3 is 1.88 bits per heavy atom. The van der Waals surface area contributed by atoms with E-state index >= 15 is 0 Å². The van der Waals surface area contributed by atoms with Crippen LogP contribution in [0.4, 0.5) is 0 Å². The number of phenols is 1. The molecule has 1 N–H and O–H groups in total. The standard InChI is InChI=1S/C17H18O6S/c1-17(2,16(19)22-3)23-13-6-10-15(11-7-13)24(20,21)14-8-4-12(18)5-9-14/h4-11,18H,1-3H3. The van der Waals surface area contributed by atoms with Crippen molar-refractivity contribution in [3.63, 3.8) is 0 Å². The molecule has 0 aliphatic heterocycles. The van der Waals surface area contributed by atoms with Crippen molar-refractivity contribution in [1.82, 2.24) is 0 Å². The number of ether oxygens (including phenoxy) is 2. The molecular weight excluding hydrogens is 332 g/mol. The van der Waals surface area contributed by atoms with Crippen LogP contribution in [-0.4, -0.2) is 32.2 Å². The fourth-order valence-corrected chi connectivity index (χ4v) is 3.29. The van der Waals surface area contributed by atoms with E-state index in [1.165, 1.54) is 55.6 Å². The molecule has 24 heavy (non-hydrogen) atoms. The SMILES string of the molecule is COC(=O)C(C)(C)Oc1ccc(S(=O)(=O)c2ccc(O)cc2)cc1. The molecule has 0 aliphatic carbocycles. The van der Waals surface area contributed by atoms with E-state index in [2.05, 4.69) is 4.74 Å². The average Bonchev–Trinajstić information content (AvgIpc) is 2.54. The Hall–Kier alpha value is -2.54. The van der Waals surface area contributed by atoms with E-state index in [0.717, 1.165) is 0 Å². The van der Waals surface area contributed by atoms with E-state index in [1.54, 1.807) is 13.8 Å². The third-order valence-electron chi connectivity index (χ3n) is 3.33. The molecule has 0 aromatic heterocycles. The zero-order valence-corrected chi connectivity index (χ0v) is 14.3. The summed E-state index contributed by atoms with van der Waals surface area (Å²) in [5.41, 5.74) is -1.19. The van der Waals surface area contributed by atoms with E-state index in [9.17, 15) is 18.3 Å². The summed E-state index contributed by atoms with van der Waals surface area (Å²) in [5.74, 6) is -0.207. The number of carbonyl (C=O) groups excluding carboxylic acids is 1. The van der Waals surface area contributed by atoms with Gasteiger partial charge in [0.1, 0.15) is 11.5 Å². The van der Waals surface area contributed by atoms with Crippen molar-refractivity contribution in [2.45, 2.75) is 29.2 Å². The minimum Gasteiger partial charge on any atom is -0.508 e. The highest BCUT2D eigenvalue weighted by Crippen LogP contribution is 2.26.